The molecule has 0 aliphatic heterocycles. The van der Waals surface area contributed by atoms with Crippen LogP contribution in [-0.4, -0.2) is 11.9 Å². The van der Waals surface area contributed by atoms with E-state index in [9.17, 15) is 0 Å². The molecule has 0 aliphatic carbocycles. The molecule has 1 aromatic carbocycles. The topological polar surface area (TPSA) is 9.23 Å². The van der Waals surface area contributed by atoms with Gasteiger partial charge >= 0.3 is 0 Å². The molecule has 0 heterocycles. The summed E-state index contributed by atoms with van der Waals surface area (Å²) in [6.45, 7) is 4.85. The molecular formula is C12H17BrO. The fourth-order valence-corrected chi connectivity index (χ4v) is 1.74. The van der Waals surface area contributed by atoms with Crippen LogP contribution in [0.2, 0.25) is 0 Å². The molecule has 0 fully saturated rings. The summed E-state index contributed by atoms with van der Waals surface area (Å²) in [6.07, 6.45) is 2.33. The van der Waals surface area contributed by atoms with Crippen molar-refractivity contribution >= 4 is 15.9 Å². The largest absolute Gasteiger partial charge is 0.494 e. The van der Waals surface area contributed by atoms with Crippen LogP contribution in [0, 0.1) is 6.92 Å². The van der Waals surface area contributed by atoms with Crippen molar-refractivity contribution in [3.05, 3.63) is 29.3 Å². The van der Waals surface area contributed by atoms with Crippen LogP contribution in [0.25, 0.3) is 0 Å². The van der Waals surface area contributed by atoms with Crippen molar-refractivity contribution in [2.75, 3.05) is 11.9 Å². The Morgan fingerprint density at radius 2 is 2.14 bits per heavy atom. The molecule has 14 heavy (non-hydrogen) atoms. The Morgan fingerprint density at radius 3 is 2.71 bits per heavy atom. The van der Waals surface area contributed by atoms with Gasteiger partial charge in [-0.15, -0.1) is 0 Å². The lowest BCUT2D eigenvalue weighted by molar-refractivity contribution is 0.338. The predicted octanol–water partition coefficient (Wildman–Crippen LogP) is 3.72. The quantitative estimate of drug-likeness (QED) is 0.730. The summed E-state index contributed by atoms with van der Waals surface area (Å²) in [6, 6.07) is 6.44. The minimum atomic E-state index is 0.738. The Hall–Kier alpha value is -0.500. The van der Waals surface area contributed by atoms with Gasteiger partial charge in [-0.2, -0.15) is 0 Å². The molecule has 78 valence electrons. The lowest BCUT2D eigenvalue weighted by atomic mass is 10.1. The number of hydrogen-bond donors (Lipinski definition) is 0. The molecule has 0 saturated carbocycles. The molecule has 0 unspecified atom stereocenters. The van der Waals surface area contributed by atoms with E-state index in [2.05, 4.69) is 41.1 Å². The zero-order valence-electron chi connectivity index (χ0n) is 8.85. The van der Waals surface area contributed by atoms with Crippen molar-refractivity contribution in [2.45, 2.75) is 26.7 Å². The van der Waals surface area contributed by atoms with Crippen molar-refractivity contribution < 1.29 is 4.74 Å². The molecule has 1 nitrogen and oxygen atoms in total. The van der Waals surface area contributed by atoms with E-state index in [0.29, 0.717) is 0 Å². The number of hydrogen-bond acceptors (Lipinski definition) is 1. The van der Waals surface area contributed by atoms with Gasteiger partial charge in [-0.25, -0.2) is 0 Å². The molecule has 0 amide bonds. The van der Waals surface area contributed by atoms with Crippen LogP contribution in [0.4, 0.5) is 0 Å². The summed E-state index contributed by atoms with van der Waals surface area (Å²) in [4.78, 5) is 0. The van der Waals surface area contributed by atoms with E-state index >= 15 is 0 Å². The highest BCUT2D eigenvalue weighted by Gasteiger charge is 2.00. The number of rotatable bonds is 5. The third-order valence-corrected chi connectivity index (χ3v) is 2.70. The molecule has 0 aromatic heterocycles. The first-order valence-electron chi connectivity index (χ1n) is 5.06. The van der Waals surface area contributed by atoms with Crippen LogP contribution in [0.15, 0.2) is 18.2 Å². The molecule has 0 atom stereocenters. The SMILES string of the molecule is CCOc1ccc(CCCBr)cc1C. The number of benzene rings is 1. The summed E-state index contributed by atoms with van der Waals surface area (Å²) < 4.78 is 5.49. The van der Waals surface area contributed by atoms with Crippen molar-refractivity contribution in [1.29, 1.82) is 0 Å². The molecule has 0 bridgehead atoms. The minimum Gasteiger partial charge on any atom is -0.494 e. The number of alkyl halides is 1. The van der Waals surface area contributed by atoms with Crippen LogP contribution in [0.1, 0.15) is 24.5 Å². The molecular weight excluding hydrogens is 240 g/mol. The van der Waals surface area contributed by atoms with E-state index in [1.54, 1.807) is 0 Å². The Morgan fingerprint density at radius 1 is 1.36 bits per heavy atom. The van der Waals surface area contributed by atoms with Crippen molar-refractivity contribution in [3.63, 3.8) is 0 Å². The van der Waals surface area contributed by atoms with Crippen LogP contribution in [-0.2, 0) is 6.42 Å². The number of ether oxygens (including phenoxy) is 1. The van der Waals surface area contributed by atoms with Gasteiger partial charge in [-0.05, 0) is 43.9 Å². The third kappa shape index (κ3) is 3.33. The average molecular weight is 257 g/mol. The molecule has 1 aromatic rings. The lowest BCUT2D eigenvalue weighted by Gasteiger charge is -2.08. The van der Waals surface area contributed by atoms with E-state index in [1.165, 1.54) is 17.5 Å². The van der Waals surface area contributed by atoms with Crippen LogP contribution in [0.3, 0.4) is 0 Å². The maximum atomic E-state index is 5.49. The number of aryl methyl sites for hydroxylation is 2. The summed E-state index contributed by atoms with van der Waals surface area (Å²) >= 11 is 3.44. The molecule has 2 heteroatoms. The summed E-state index contributed by atoms with van der Waals surface area (Å²) in [5.74, 6) is 1.01. The fourth-order valence-electron chi connectivity index (χ4n) is 1.46. The highest BCUT2D eigenvalue weighted by molar-refractivity contribution is 9.09. The van der Waals surface area contributed by atoms with Crippen LogP contribution >= 0.6 is 15.9 Å². The smallest absolute Gasteiger partial charge is 0.122 e. The van der Waals surface area contributed by atoms with E-state index in [1.807, 2.05) is 6.92 Å². The van der Waals surface area contributed by atoms with Gasteiger partial charge in [0.2, 0.25) is 0 Å². The molecule has 0 aliphatic rings. The van der Waals surface area contributed by atoms with Gasteiger partial charge in [0.15, 0.2) is 0 Å². The Kier molecular flexibility index (Phi) is 5.02. The van der Waals surface area contributed by atoms with Gasteiger partial charge in [-0.1, -0.05) is 28.1 Å². The summed E-state index contributed by atoms with van der Waals surface area (Å²) in [7, 11) is 0. The average Bonchev–Trinajstić information content (AvgIpc) is 2.19. The van der Waals surface area contributed by atoms with E-state index in [0.717, 1.165) is 24.1 Å². The fraction of sp³-hybridized carbons (Fsp3) is 0.500. The second kappa shape index (κ2) is 6.07. The summed E-state index contributed by atoms with van der Waals surface area (Å²) in [5, 5.41) is 1.07. The van der Waals surface area contributed by atoms with Gasteiger partial charge in [0.05, 0.1) is 6.61 Å². The maximum Gasteiger partial charge on any atom is 0.122 e. The summed E-state index contributed by atoms with van der Waals surface area (Å²) in [5.41, 5.74) is 2.63. The second-order valence-electron chi connectivity index (χ2n) is 3.33. The standard InChI is InChI=1S/C12H17BrO/c1-3-14-12-7-6-11(5-4-8-13)9-10(12)2/h6-7,9H,3-5,8H2,1-2H3. The first kappa shape index (κ1) is 11.6. The van der Waals surface area contributed by atoms with Crippen molar-refractivity contribution in [2.24, 2.45) is 0 Å². The lowest BCUT2D eigenvalue weighted by Crippen LogP contribution is -1.95. The monoisotopic (exact) mass is 256 g/mol. The first-order chi connectivity index (χ1) is 6.77. The van der Waals surface area contributed by atoms with Crippen LogP contribution in [0.5, 0.6) is 5.75 Å². The minimum absolute atomic E-state index is 0.738. The first-order valence-corrected chi connectivity index (χ1v) is 6.18. The molecule has 0 saturated heterocycles. The highest BCUT2D eigenvalue weighted by Crippen LogP contribution is 2.19. The van der Waals surface area contributed by atoms with Crippen molar-refractivity contribution in [3.8, 4) is 5.75 Å². The van der Waals surface area contributed by atoms with Crippen molar-refractivity contribution in [1.82, 2.24) is 0 Å². The molecule has 0 N–H and O–H groups in total. The van der Waals surface area contributed by atoms with Gasteiger partial charge in [0.1, 0.15) is 5.75 Å². The predicted molar refractivity (Wildman–Crippen MR) is 64.5 cm³/mol. The number of halogens is 1. The van der Waals surface area contributed by atoms with Gasteiger partial charge < -0.3 is 4.74 Å². The van der Waals surface area contributed by atoms with Gasteiger partial charge in [0, 0.05) is 5.33 Å². The molecule has 0 spiro atoms. The highest BCUT2D eigenvalue weighted by atomic mass is 79.9. The Bertz CT molecular complexity index is 284. The third-order valence-electron chi connectivity index (χ3n) is 2.14. The molecule has 1 rings (SSSR count). The molecule has 0 radical (unpaired) electrons. The normalized spacial score (nSPS) is 10.2. The van der Waals surface area contributed by atoms with Gasteiger partial charge in [0.25, 0.3) is 0 Å². The van der Waals surface area contributed by atoms with E-state index < -0.39 is 0 Å². The van der Waals surface area contributed by atoms with E-state index in [4.69, 9.17) is 4.74 Å². The second-order valence-corrected chi connectivity index (χ2v) is 4.12. The van der Waals surface area contributed by atoms with Crippen LogP contribution < -0.4 is 4.74 Å². The Labute approximate surface area is 94.6 Å². The Balaban J connectivity index is 2.68. The maximum absolute atomic E-state index is 5.49. The van der Waals surface area contributed by atoms with Gasteiger partial charge in [-0.3, -0.25) is 0 Å². The zero-order valence-corrected chi connectivity index (χ0v) is 10.4. The zero-order chi connectivity index (χ0) is 10.4. The van der Waals surface area contributed by atoms with E-state index in [-0.39, 0.29) is 0 Å².